The topological polar surface area (TPSA) is 80.9 Å². The largest absolute Gasteiger partial charge is 0.483 e. The number of ether oxygens (including phenoxy) is 3. The number of anilines is 1. The van der Waals surface area contributed by atoms with Gasteiger partial charge in [-0.05, 0) is 82.7 Å². The molecule has 8 heteroatoms. The van der Waals surface area contributed by atoms with Crippen molar-refractivity contribution in [3.63, 3.8) is 0 Å². The van der Waals surface area contributed by atoms with E-state index >= 15 is 0 Å². The maximum absolute atomic E-state index is 11.6. The van der Waals surface area contributed by atoms with E-state index in [4.69, 9.17) is 26.4 Å². The molecule has 3 rings (SSSR count). The fourth-order valence-electron chi connectivity index (χ4n) is 3.32. The van der Waals surface area contributed by atoms with Gasteiger partial charge in [0, 0.05) is 11.3 Å². The van der Waals surface area contributed by atoms with Crippen LogP contribution in [0.1, 0.15) is 37.5 Å². The van der Waals surface area contributed by atoms with E-state index < -0.39 is 11.6 Å². The molecule has 2 aromatic rings. The SMILES string of the molecule is CCOC(=O)COc1ccc2c(c1)C(NNC(=S)Nc1ccc(C)cc1C)=CC(C)(C)O2. The van der Waals surface area contributed by atoms with Gasteiger partial charge in [0.2, 0.25) is 0 Å². The first-order valence-corrected chi connectivity index (χ1v) is 10.8. The van der Waals surface area contributed by atoms with E-state index in [2.05, 4.69) is 29.2 Å². The number of esters is 1. The van der Waals surface area contributed by atoms with Crippen LogP contribution in [0, 0.1) is 13.8 Å². The highest BCUT2D eigenvalue weighted by Crippen LogP contribution is 2.36. The number of carbonyl (C=O) groups excluding carboxylic acids is 1. The van der Waals surface area contributed by atoms with Gasteiger partial charge in [-0.15, -0.1) is 0 Å². The van der Waals surface area contributed by atoms with E-state index in [0.29, 0.717) is 23.2 Å². The van der Waals surface area contributed by atoms with Crippen LogP contribution >= 0.6 is 12.2 Å². The summed E-state index contributed by atoms with van der Waals surface area (Å²) in [5.41, 5.74) is 10.5. The highest BCUT2D eigenvalue weighted by molar-refractivity contribution is 7.80. The number of carbonyl (C=O) groups is 1. The number of benzene rings is 2. The fourth-order valence-corrected chi connectivity index (χ4v) is 3.48. The van der Waals surface area contributed by atoms with Crippen LogP contribution in [0.2, 0.25) is 0 Å². The average molecular weight is 456 g/mol. The molecule has 0 amide bonds. The fraction of sp³-hybridized carbons (Fsp3) is 0.333. The number of hydrazine groups is 1. The highest BCUT2D eigenvalue weighted by atomic mass is 32.1. The molecule has 2 aromatic carbocycles. The molecule has 170 valence electrons. The smallest absolute Gasteiger partial charge is 0.344 e. The van der Waals surface area contributed by atoms with Gasteiger partial charge in [-0.2, -0.15) is 0 Å². The predicted molar refractivity (Wildman–Crippen MR) is 130 cm³/mol. The minimum absolute atomic E-state index is 0.159. The summed E-state index contributed by atoms with van der Waals surface area (Å²) in [4.78, 5) is 11.6. The van der Waals surface area contributed by atoms with Crippen molar-refractivity contribution >= 4 is 34.7 Å². The molecule has 0 unspecified atom stereocenters. The minimum Gasteiger partial charge on any atom is -0.483 e. The Bertz CT molecular complexity index is 1050. The van der Waals surface area contributed by atoms with Gasteiger partial charge < -0.3 is 19.5 Å². The lowest BCUT2D eigenvalue weighted by Crippen LogP contribution is -2.41. The van der Waals surface area contributed by atoms with Crippen molar-refractivity contribution < 1.29 is 19.0 Å². The third kappa shape index (κ3) is 6.13. The van der Waals surface area contributed by atoms with Gasteiger partial charge in [-0.1, -0.05) is 17.7 Å². The van der Waals surface area contributed by atoms with Crippen LogP contribution in [-0.2, 0) is 9.53 Å². The second-order valence-electron chi connectivity index (χ2n) is 8.04. The van der Waals surface area contributed by atoms with Gasteiger partial charge in [0.25, 0.3) is 0 Å². The third-order valence-corrected chi connectivity index (χ3v) is 4.91. The molecule has 32 heavy (non-hydrogen) atoms. The summed E-state index contributed by atoms with van der Waals surface area (Å²) in [5.74, 6) is 0.809. The first-order valence-electron chi connectivity index (χ1n) is 10.4. The zero-order valence-corrected chi connectivity index (χ0v) is 19.8. The Morgan fingerprint density at radius 3 is 2.66 bits per heavy atom. The van der Waals surface area contributed by atoms with E-state index in [9.17, 15) is 4.79 Å². The molecule has 0 spiro atoms. The molecule has 0 aromatic heterocycles. The maximum Gasteiger partial charge on any atom is 0.344 e. The van der Waals surface area contributed by atoms with E-state index in [1.54, 1.807) is 13.0 Å². The van der Waals surface area contributed by atoms with Crippen molar-refractivity contribution in [2.24, 2.45) is 0 Å². The molecule has 0 bridgehead atoms. The summed E-state index contributed by atoms with van der Waals surface area (Å²) in [6.45, 7) is 9.93. The second-order valence-corrected chi connectivity index (χ2v) is 8.45. The highest BCUT2D eigenvalue weighted by Gasteiger charge is 2.27. The zero-order valence-electron chi connectivity index (χ0n) is 19.0. The summed E-state index contributed by atoms with van der Waals surface area (Å²) in [6.07, 6.45) is 1.96. The second kappa shape index (κ2) is 9.91. The quantitative estimate of drug-likeness (QED) is 0.325. The van der Waals surface area contributed by atoms with Crippen molar-refractivity contribution in [1.29, 1.82) is 0 Å². The van der Waals surface area contributed by atoms with Crippen LogP contribution < -0.4 is 25.6 Å². The first-order chi connectivity index (χ1) is 15.2. The van der Waals surface area contributed by atoms with E-state index in [-0.39, 0.29) is 6.61 Å². The standard InChI is InChI=1S/C24H29N3O4S/c1-6-29-22(28)14-30-17-8-10-21-18(12-17)20(13-24(4,5)31-21)26-27-23(32)25-19-9-7-15(2)11-16(19)3/h7-13,26H,6,14H2,1-5H3,(H2,25,27,32). The number of rotatable bonds is 7. The summed E-state index contributed by atoms with van der Waals surface area (Å²) in [7, 11) is 0. The third-order valence-electron chi connectivity index (χ3n) is 4.71. The molecule has 1 aliphatic rings. The van der Waals surface area contributed by atoms with Crippen molar-refractivity contribution in [2.75, 3.05) is 18.5 Å². The molecule has 1 aliphatic heterocycles. The van der Waals surface area contributed by atoms with Gasteiger partial charge in [-0.3, -0.25) is 10.9 Å². The zero-order chi connectivity index (χ0) is 23.3. The molecule has 1 heterocycles. The van der Waals surface area contributed by atoms with Gasteiger partial charge in [-0.25, -0.2) is 4.79 Å². The van der Waals surface area contributed by atoms with Crippen molar-refractivity contribution in [3.8, 4) is 11.5 Å². The van der Waals surface area contributed by atoms with Crippen LogP contribution in [0.15, 0.2) is 42.5 Å². The monoisotopic (exact) mass is 455 g/mol. The van der Waals surface area contributed by atoms with Crippen LogP contribution in [0.5, 0.6) is 11.5 Å². The maximum atomic E-state index is 11.6. The van der Waals surface area contributed by atoms with E-state index in [1.165, 1.54) is 5.56 Å². The van der Waals surface area contributed by atoms with Gasteiger partial charge >= 0.3 is 5.97 Å². The number of aryl methyl sites for hydroxylation is 2. The number of nitrogens with one attached hydrogen (secondary N) is 3. The summed E-state index contributed by atoms with van der Waals surface area (Å²) in [6, 6.07) is 11.5. The van der Waals surface area contributed by atoms with Crippen LogP contribution in [0.3, 0.4) is 0 Å². The Labute approximate surface area is 194 Å². The first kappa shape index (κ1) is 23.4. The predicted octanol–water partition coefficient (Wildman–Crippen LogP) is 4.25. The summed E-state index contributed by atoms with van der Waals surface area (Å²) in [5, 5.41) is 3.63. The Morgan fingerprint density at radius 2 is 1.94 bits per heavy atom. The summed E-state index contributed by atoms with van der Waals surface area (Å²) >= 11 is 5.45. The number of hydrogen-bond donors (Lipinski definition) is 3. The number of thiocarbonyl (C=S) groups is 1. The molecule has 0 saturated heterocycles. The Hall–Kier alpha value is -3.26. The number of hydrogen-bond acceptors (Lipinski definition) is 6. The summed E-state index contributed by atoms with van der Waals surface area (Å²) < 4.78 is 16.5. The van der Waals surface area contributed by atoms with Crippen LogP contribution in [-0.4, -0.2) is 29.9 Å². The van der Waals surface area contributed by atoms with Crippen molar-refractivity contribution in [2.45, 2.75) is 40.2 Å². The molecule has 0 atom stereocenters. The Morgan fingerprint density at radius 1 is 1.16 bits per heavy atom. The van der Waals surface area contributed by atoms with Crippen LogP contribution in [0.4, 0.5) is 5.69 Å². The normalized spacial score (nSPS) is 13.7. The van der Waals surface area contributed by atoms with E-state index in [1.807, 2.05) is 51.1 Å². The number of fused-ring (bicyclic) bond motifs is 1. The van der Waals surface area contributed by atoms with E-state index in [0.717, 1.165) is 22.5 Å². The molecule has 0 fully saturated rings. The van der Waals surface area contributed by atoms with Crippen LogP contribution in [0.25, 0.3) is 5.70 Å². The lowest BCUT2D eigenvalue weighted by Gasteiger charge is -2.31. The lowest BCUT2D eigenvalue weighted by molar-refractivity contribution is -0.145. The van der Waals surface area contributed by atoms with Gasteiger partial charge in [0.05, 0.1) is 12.3 Å². The molecule has 0 radical (unpaired) electrons. The molecule has 3 N–H and O–H groups in total. The van der Waals surface area contributed by atoms with Crippen molar-refractivity contribution in [1.82, 2.24) is 10.9 Å². The average Bonchev–Trinajstić information content (AvgIpc) is 2.72. The molecular weight excluding hydrogens is 426 g/mol. The Balaban J connectivity index is 1.71. The Kier molecular flexibility index (Phi) is 7.25. The molecule has 7 nitrogen and oxygen atoms in total. The van der Waals surface area contributed by atoms with Crippen molar-refractivity contribution in [3.05, 3.63) is 59.2 Å². The minimum atomic E-state index is -0.521. The molecule has 0 aliphatic carbocycles. The molecule has 0 saturated carbocycles. The molecular formula is C24H29N3O4S. The van der Waals surface area contributed by atoms with Gasteiger partial charge in [0.15, 0.2) is 11.7 Å². The lowest BCUT2D eigenvalue weighted by atomic mass is 9.99. The van der Waals surface area contributed by atoms with Gasteiger partial charge in [0.1, 0.15) is 17.1 Å².